The molecule has 0 N–H and O–H groups in total. The van der Waals surface area contributed by atoms with E-state index in [0.29, 0.717) is 42.0 Å². The van der Waals surface area contributed by atoms with Crippen LogP contribution in [-0.2, 0) is 19.0 Å². The van der Waals surface area contributed by atoms with Gasteiger partial charge < -0.3 is 28.4 Å². The predicted molar refractivity (Wildman–Crippen MR) is 127 cm³/mol. The molecule has 3 rings (SSSR count). The van der Waals surface area contributed by atoms with Crippen molar-refractivity contribution >= 4 is 12.6 Å². The number of methoxy groups -OCH3 is 4. The average Bonchev–Trinajstić information content (AvgIpc) is 2.85. The maximum Gasteiger partial charge on any atom is 0.129 e. The quantitative estimate of drug-likeness (QED) is 0.395. The molecule has 32 heavy (non-hydrogen) atoms. The summed E-state index contributed by atoms with van der Waals surface area (Å²) in [7, 11) is 6.49. The lowest BCUT2D eigenvalue weighted by Crippen LogP contribution is -2.02. The Morgan fingerprint density at radius 2 is 1.03 bits per heavy atom. The molecule has 0 aliphatic carbocycles. The van der Waals surface area contributed by atoms with Crippen molar-refractivity contribution in [1.82, 2.24) is 0 Å². The highest BCUT2D eigenvalue weighted by Gasteiger charge is 2.10. The van der Waals surface area contributed by atoms with Gasteiger partial charge in [0.15, 0.2) is 0 Å². The van der Waals surface area contributed by atoms with Gasteiger partial charge in [-0.3, -0.25) is 0 Å². The minimum Gasteiger partial charge on any atom is -0.497 e. The third kappa shape index (κ3) is 5.95. The minimum absolute atomic E-state index is 0.342. The maximum absolute atomic E-state index is 6.04. The van der Waals surface area contributed by atoms with Crippen LogP contribution in [0.4, 0.5) is 0 Å². The van der Waals surface area contributed by atoms with Crippen LogP contribution in [-0.4, -0.2) is 28.4 Å². The molecule has 0 fully saturated rings. The normalized spacial score (nSPS) is 10.4. The summed E-state index contributed by atoms with van der Waals surface area (Å²) in [5.74, 6) is 4.80. The zero-order chi connectivity index (χ0) is 22.9. The van der Waals surface area contributed by atoms with Crippen LogP contribution in [0.3, 0.4) is 0 Å². The topological polar surface area (TPSA) is 55.4 Å². The van der Waals surface area contributed by atoms with Gasteiger partial charge in [0.2, 0.25) is 0 Å². The van der Waals surface area contributed by atoms with E-state index in [1.807, 2.05) is 54.6 Å². The number of thiol groups is 1. The number of hydrogen-bond donors (Lipinski definition) is 1. The molecule has 0 radical (unpaired) electrons. The number of rotatable bonds is 11. The van der Waals surface area contributed by atoms with Crippen LogP contribution in [0.1, 0.15) is 16.7 Å². The van der Waals surface area contributed by atoms with E-state index in [4.69, 9.17) is 28.4 Å². The van der Waals surface area contributed by atoms with Gasteiger partial charge in [-0.1, -0.05) is 0 Å². The molecule has 6 nitrogen and oxygen atoms in total. The van der Waals surface area contributed by atoms with Crippen molar-refractivity contribution in [2.24, 2.45) is 0 Å². The van der Waals surface area contributed by atoms with Crippen LogP contribution >= 0.6 is 12.6 Å². The predicted octanol–water partition coefficient (Wildman–Crippen LogP) is 5.31. The van der Waals surface area contributed by atoms with Crippen LogP contribution in [0, 0.1) is 0 Å². The van der Waals surface area contributed by atoms with Crippen LogP contribution in [0.15, 0.2) is 54.6 Å². The zero-order valence-electron chi connectivity index (χ0n) is 18.7. The van der Waals surface area contributed by atoms with Crippen molar-refractivity contribution in [2.45, 2.75) is 19.0 Å². The summed E-state index contributed by atoms with van der Waals surface area (Å²) < 4.78 is 33.5. The van der Waals surface area contributed by atoms with E-state index < -0.39 is 0 Å². The fourth-order valence-corrected chi connectivity index (χ4v) is 3.34. The molecule has 170 valence electrons. The molecular weight excluding hydrogens is 428 g/mol. The van der Waals surface area contributed by atoms with Gasteiger partial charge in [-0.05, 0) is 42.0 Å². The lowest BCUT2D eigenvalue weighted by molar-refractivity contribution is 0.281. The van der Waals surface area contributed by atoms with Crippen molar-refractivity contribution in [2.75, 3.05) is 28.4 Å². The fourth-order valence-electron chi connectivity index (χ4n) is 3.15. The molecule has 0 heterocycles. The van der Waals surface area contributed by atoms with Gasteiger partial charge >= 0.3 is 0 Å². The summed E-state index contributed by atoms with van der Waals surface area (Å²) in [4.78, 5) is 0. The van der Waals surface area contributed by atoms with Crippen LogP contribution in [0.25, 0.3) is 0 Å². The zero-order valence-corrected chi connectivity index (χ0v) is 19.6. The molecule has 0 bridgehead atoms. The molecule has 0 saturated heterocycles. The van der Waals surface area contributed by atoms with Gasteiger partial charge in [0.25, 0.3) is 0 Å². The SMILES string of the molecule is COc1ccc(COc2cc(CS)cc(OCc3ccc(OC)cc3OC)c2)c(OC)c1. The van der Waals surface area contributed by atoms with Crippen molar-refractivity contribution in [3.05, 3.63) is 71.3 Å². The highest BCUT2D eigenvalue weighted by molar-refractivity contribution is 7.79. The second-order valence-electron chi connectivity index (χ2n) is 6.90. The highest BCUT2D eigenvalue weighted by atomic mass is 32.1. The summed E-state index contributed by atoms with van der Waals surface area (Å²) in [5, 5.41) is 0. The Hall–Kier alpha value is -3.19. The molecular formula is C25H28O6S. The lowest BCUT2D eigenvalue weighted by Gasteiger charge is -2.15. The monoisotopic (exact) mass is 456 g/mol. The number of benzene rings is 3. The molecule has 0 aromatic heterocycles. The molecule has 0 aliphatic heterocycles. The van der Waals surface area contributed by atoms with E-state index in [-0.39, 0.29) is 0 Å². The summed E-state index contributed by atoms with van der Waals surface area (Å²) >= 11 is 4.41. The largest absolute Gasteiger partial charge is 0.497 e. The van der Waals surface area contributed by atoms with Gasteiger partial charge in [-0.2, -0.15) is 12.6 Å². The fraction of sp³-hybridized carbons (Fsp3) is 0.280. The molecule has 0 aliphatic rings. The first-order chi connectivity index (χ1) is 15.6. The van der Waals surface area contributed by atoms with Gasteiger partial charge in [0.1, 0.15) is 47.7 Å². The van der Waals surface area contributed by atoms with Crippen LogP contribution < -0.4 is 28.4 Å². The standard InChI is InChI=1S/C25H28O6S/c1-26-20-7-5-18(24(12-20)28-3)14-30-22-9-17(16-32)10-23(11-22)31-15-19-6-8-21(27-2)13-25(19)29-4/h5-13,32H,14-16H2,1-4H3. The smallest absolute Gasteiger partial charge is 0.129 e. The number of ether oxygens (including phenoxy) is 6. The van der Waals surface area contributed by atoms with E-state index in [2.05, 4.69) is 12.6 Å². The second kappa shape index (κ2) is 11.4. The second-order valence-corrected chi connectivity index (χ2v) is 7.22. The molecule has 0 unspecified atom stereocenters. The van der Waals surface area contributed by atoms with Gasteiger partial charge in [-0.25, -0.2) is 0 Å². The molecule has 0 spiro atoms. The van der Waals surface area contributed by atoms with Crippen LogP contribution in [0.5, 0.6) is 34.5 Å². The third-order valence-electron chi connectivity index (χ3n) is 4.90. The molecule has 0 atom stereocenters. The molecule has 3 aromatic rings. The van der Waals surface area contributed by atoms with E-state index in [0.717, 1.165) is 28.2 Å². The van der Waals surface area contributed by atoms with E-state index in [1.54, 1.807) is 28.4 Å². The first-order valence-electron chi connectivity index (χ1n) is 10.0. The Bertz CT molecular complexity index is 959. The molecule has 0 saturated carbocycles. The van der Waals surface area contributed by atoms with E-state index >= 15 is 0 Å². The summed E-state index contributed by atoms with van der Waals surface area (Å²) in [6.07, 6.45) is 0. The van der Waals surface area contributed by atoms with Gasteiger partial charge in [0, 0.05) is 35.1 Å². The first kappa shape index (κ1) is 23.5. The Balaban J connectivity index is 1.73. The van der Waals surface area contributed by atoms with Crippen molar-refractivity contribution in [3.8, 4) is 34.5 Å². The summed E-state index contributed by atoms with van der Waals surface area (Å²) in [6.45, 7) is 0.684. The first-order valence-corrected chi connectivity index (χ1v) is 10.7. The summed E-state index contributed by atoms with van der Waals surface area (Å²) in [6, 6.07) is 17.0. The van der Waals surface area contributed by atoms with Crippen LogP contribution in [0.2, 0.25) is 0 Å². The van der Waals surface area contributed by atoms with Gasteiger partial charge in [-0.15, -0.1) is 0 Å². The van der Waals surface area contributed by atoms with Gasteiger partial charge in [0.05, 0.1) is 28.4 Å². The van der Waals surface area contributed by atoms with Crippen molar-refractivity contribution in [1.29, 1.82) is 0 Å². The van der Waals surface area contributed by atoms with E-state index in [1.165, 1.54) is 0 Å². The highest BCUT2D eigenvalue weighted by Crippen LogP contribution is 2.30. The Morgan fingerprint density at radius 1 is 0.562 bits per heavy atom. The maximum atomic E-state index is 6.04. The molecule has 7 heteroatoms. The summed E-state index contributed by atoms with van der Waals surface area (Å²) in [5.41, 5.74) is 2.81. The van der Waals surface area contributed by atoms with Crippen molar-refractivity contribution in [3.63, 3.8) is 0 Å². The Kier molecular flexibility index (Phi) is 8.39. The average molecular weight is 457 g/mol. The Morgan fingerprint density at radius 3 is 1.41 bits per heavy atom. The number of hydrogen-bond acceptors (Lipinski definition) is 7. The van der Waals surface area contributed by atoms with Crippen molar-refractivity contribution < 1.29 is 28.4 Å². The molecule has 3 aromatic carbocycles. The molecule has 0 amide bonds. The lowest BCUT2D eigenvalue weighted by atomic mass is 10.2. The Labute approximate surface area is 194 Å². The minimum atomic E-state index is 0.342. The van der Waals surface area contributed by atoms with E-state index in [9.17, 15) is 0 Å². The third-order valence-corrected chi connectivity index (χ3v) is 5.26.